The molecule has 9 heteroatoms. The van der Waals surface area contributed by atoms with Crippen LogP contribution < -0.4 is 9.64 Å². The summed E-state index contributed by atoms with van der Waals surface area (Å²) in [5.41, 5.74) is 2.54. The molecule has 1 aliphatic rings. The van der Waals surface area contributed by atoms with Crippen LogP contribution in [0.25, 0.3) is 11.3 Å². The molecule has 1 aromatic heterocycles. The lowest BCUT2D eigenvalue weighted by atomic mass is 10.0. The summed E-state index contributed by atoms with van der Waals surface area (Å²) >= 11 is 3.49. The number of nitrogens with zero attached hydrogens (tertiary/aromatic N) is 4. The van der Waals surface area contributed by atoms with Gasteiger partial charge in [0.25, 0.3) is 0 Å². The molecule has 2 heterocycles. The molecular weight excluding hydrogens is 540 g/mol. The number of phenols is 1. The van der Waals surface area contributed by atoms with Crippen molar-refractivity contribution in [2.24, 2.45) is 0 Å². The van der Waals surface area contributed by atoms with Crippen molar-refractivity contribution in [2.75, 3.05) is 32.1 Å². The number of methoxy groups -OCH3 is 1. The Morgan fingerprint density at radius 1 is 1.22 bits per heavy atom. The standard InChI is InChI=1S/C23H25BrN4O3.BrH/c1-26(23(30)28-14-21(25-15-28)16-4-3-5-19(29)12-16)17-8-10-27(11-9-17)18-6-7-20(24)22(13-18)31-2;/h3-7,12-15,17,29H,8-11H2,1-2H3;1H. The smallest absolute Gasteiger partial charge is 0.329 e. The molecule has 0 unspecified atom stereocenters. The minimum Gasteiger partial charge on any atom is -0.508 e. The van der Waals surface area contributed by atoms with Crippen molar-refractivity contribution in [1.82, 2.24) is 14.5 Å². The van der Waals surface area contributed by atoms with Crippen LogP contribution in [-0.2, 0) is 0 Å². The molecule has 3 aromatic rings. The molecule has 0 bridgehead atoms. The summed E-state index contributed by atoms with van der Waals surface area (Å²) in [7, 11) is 3.51. The van der Waals surface area contributed by atoms with Gasteiger partial charge in [-0.1, -0.05) is 12.1 Å². The first-order chi connectivity index (χ1) is 15.0. The molecule has 170 valence electrons. The Balaban J connectivity index is 0.00000289. The number of piperidine rings is 1. The first-order valence-electron chi connectivity index (χ1n) is 10.2. The number of amides is 1. The molecule has 0 spiro atoms. The van der Waals surface area contributed by atoms with E-state index in [1.807, 2.05) is 25.2 Å². The molecule has 1 amide bonds. The van der Waals surface area contributed by atoms with Crippen molar-refractivity contribution in [2.45, 2.75) is 18.9 Å². The fourth-order valence-electron chi connectivity index (χ4n) is 3.94. The Morgan fingerprint density at radius 3 is 2.66 bits per heavy atom. The Hall–Kier alpha value is -2.52. The Labute approximate surface area is 206 Å². The SMILES string of the molecule is Br.COc1cc(N2CCC(N(C)C(=O)n3cnc(-c4cccc(O)c4)c3)CC2)ccc1Br. The topological polar surface area (TPSA) is 70.8 Å². The number of hydrogen-bond acceptors (Lipinski definition) is 5. The van der Waals surface area contributed by atoms with Crippen molar-refractivity contribution < 1.29 is 14.6 Å². The van der Waals surface area contributed by atoms with Gasteiger partial charge in [-0.25, -0.2) is 9.78 Å². The highest BCUT2D eigenvalue weighted by molar-refractivity contribution is 9.10. The molecule has 1 fully saturated rings. The highest BCUT2D eigenvalue weighted by Gasteiger charge is 2.27. The first-order valence-corrected chi connectivity index (χ1v) is 10.9. The van der Waals surface area contributed by atoms with Crippen LogP contribution >= 0.6 is 32.9 Å². The molecule has 32 heavy (non-hydrogen) atoms. The van der Waals surface area contributed by atoms with Gasteiger partial charge in [0.1, 0.15) is 17.8 Å². The van der Waals surface area contributed by atoms with Gasteiger partial charge < -0.3 is 19.6 Å². The zero-order valence-corrected chi connectivity index (χ0v) is 21.2. The van der Waals surface area contributed by atoms with Gasteiger partial charge in [0.15, 0.2) is 0 Å². The summed E-state index contributed by atoms with van der Waals surface area (Å²) < 4.78 is 7.85. The molecule has 0 atom stereocenters. The number of anilines is 1. The molecule has 4 rings (SSSR count). The van der Waals surface area contributed by atoms with Crippen LogP contribution in [0.2, 0.25) is 0 Å². The van der Waals surface area contributed by atoms with Crippen LogP contribution in [-0.4, -0.2) is 58.9 Å². The number of rotatable bonds is 4. The molecule has 0 aliphatic carbocycles. The largest absolute Gasteiger partial charge is 0.508 e. The van der Waals surface area contributed by atoms with E-state index in [2.05, 4.69) is 31.9 Å². The Morgan fingerprint density at radius 2 is 1.97 bits per heavy atom. The van der Waals surface area contributed by atoms with Crippen LogP contribution in [0.4, 0.5) is 10.5 Å². The van der Waals surface area contributed by atoms with Gasteiger partial charge in [-0.05, 0) is 53.0 Å². The van der Waals surface area contributed by atoms with E-state index >= 15 is 0 Å². The fourth-order valence-corrected chi connectivity index (χ4v) is 4.35. The van der Waals surface area contributed by atoms with E-state index in [0.717, 1.165) is 47.4 Å². The van der Waals surface area contributed by atoms with E-state index in [9.17, 15) is 9.90 Å². The maximum atomic E-state index is 13.0. The highest BCUT2D eigenvalue weighted by atomic mass is 79.9. The predicted octanol–water partition coefficient (Wildman–Crippen LogP) is 5.17. The summed E-state index contributed by atoms with van der Waals surface area (Å²) in [4.78, 5) is 21.4. The van der Waals surface area contributed by atoms with Crippen molar-refractivity contribution in [3.05, 3.63) is 59.5 Å². The fraction of sp³-hybridized carbons (Fsp3) is 0.304. The number of aromatic hydroxyl groups is 1. The Bertz CT molecular complexity index is 1080. The molecule has 0 saturated carbocycles. The molecule has 1 N–H and O–H groups in total. The second kappa shape index (κ2) is 10.4. The number of carbonyl (C=O) groups excluding carboxylic acids is 1. The molecule has 2 aromatic carbocycles. The second-order valence-electron chi connectivity index (χ2n) is 7.65. The third-order valence-corrected chi connectivity index (χ3v) is 6.41. The van der Waals surface area contributed by atoms with E-state index in [1.165, 1.54) is 10.9 Å². The van der Waals surface area contributed by atoms with Gasteiger partial charge in [-0.3, -0.25) is 4.57 Å². The monoisotopic (exact) mass is 564 g/mol. The maximum absolute atomic E-state index is 13.0. The third kappa shape index (κ3) is 5.10. The maximum Gasteiger partial charge on any atom is 0.329 e. The predicted molar refractivity (Wildman–Crippen MR) is 134 cm³/mol. The van der Waals surface area contributed by atoms with Crippen molar-refractivity contribution in [1.29, 1.82) is 0 Å². The Kier molecular flexibility index (Phi) is 7.84. The van der Waals surface area contributed by atoms with Crippen LogP contribution in [0.3, 0.4) is 0 Å². The summed E-state index contributed by atoms with van der Waals surface area (Å²) in [5.74, 6) is 0.986. The van der Waals surface area contributed by atoms with Crippen LogP contribution in [0, 0.1) is 0 Å². The van der Waals surface area contributed by atoms with Crippen molar-refractivity contribution in [3.63, 3.8) is 0 Å². The summed E-state index contributed by atoms with van der Waals surface area (Å²) in [6, 6.07) is 13.0. The number of phenolic OH excluding ortho intramolecular Hbond substituents is 1. The van der Waals surface area contributed by atoms with Gasteiger partial charge in [-0.15, -0.1) is 17.0 Å². The quantitative estimate of drug-likeness (QED) is 0.472. The number of carbonyl (C=O) groups is 1. The average molecular weight is 566 g/mol. The van der Waals surface area contributed by atoms with Crippen molar-refractivity contribution >= 4 is 44.6 Å². The average Bonchev–Trinajstić information content (AvgIpc) is 3.29. The minimum absolute atomic E-state index is 0. The first kappa shape index (κ1) is 24.1. The van der Waals surface area contributed by atoms with Gasteiger partial charge in [-0.2, -0.15) is 0 Å². The zero-order chi connectivity index (χ0) is 22.0. The van der Waals surface area contributed by atoms with Crippen molar-refractivity contribution in [3.8, 4) is 22.8 Å². The number of aromatic nitrogens is 2. The minimum atomic E-state index is -0.109. The lowest BCUT2D eigenvalue weighted by Gasteiger charge is -2.37. The van der Waals surface area contributed by atoms with Gasteiger partial charge in [0.05, 0.1) is 17.3 Å². The molecular formula is C23H26Br2N4O3. The normalized spacial score (nSPS) is 14.0. The van der Waals surface area contributed by atoms with E-state index in [4.69, 9.17) is 4.74 Å². The molecule has 1 saturated heterocycles. The number of benzene rings is 2. The highest BCUT2D eigenvalue weighted by Crippen LogP contribution is 2.31. The third-order valence-electron chi connectivity index (χ3n) is 5.76. The van der Waals surface area contributed by atoms with Crippen LogP contribution in [0.15, 0.2) is 59.5 Å². The summed E-state index contributed by atoms with van der Waals surface area (Å²) in [5, 5.41) is 9.67. The zero-order valence-electron chi connectivity index (χ0n) is 17.9. The van der Waals surface area contributed by atoms with E-state index in [-0.39, 0.29) is 34.8 Å². The number of halogens is 2. The summed E-state index contributed by atoms with van der Waals surface area (Å²) in [6.07, 6.45) is 5.00. The molecule has 1 aliphatic heterocycles. The number of ether oxygens (including phenoxy) is 1. The summed E-state index contributed by atoms with van der Waals surface area (Å²) in [6.45, 7) is 1.73. The van der Waals surface area contributed by atoms with Gasteiger partial charge >= 0.3 is 6.03 Å². The molecule has 7 nitrogen and oxygen atoms in total. The van der Waals surface area contributed by atoms with Gasteiger partial charge in [0.2, 0.25) is 0 Å². The number of hydrogen-bond donors (Lipinski definition) is 1. The lowest BCUT2D eigenvalue weighted by Crippen LogP contribution is -2.46. The lowest BCUT2D eigenvalue weighted by molar-refractivity contribution is 0.181. The second-order valence-corrected chi connectivity index (χ2v) is 8.50. The molecule has 0 radical (unpaired) electrons. The van der Waals surface area contributed by atoms with Crippen LogP contribution in [0.5, 0.6) is 11.5 Å². The van der Waals surface area contributed by atoms with Crippen LogP contribution in [0.1, 0.15) is 12.8 Å². The van der Waals surface area contributed by atoms with Gasteiger partial charge in [0, 0.05) is 49.7 Å². The van der Waals surface area contributed by atoms with E-state index < -0.39 is 0 Å². The number of imidazole rings is 1. The van der Waals surface area contributed by atoms with E-state index in [0.29, 0.717) is 5.69 Å². The van der Waals surface area contributed by atoms with E-state index in [1.54, 1.807) is 36.4 Å².